The number of carbonyl (C=O) groups excluding carboxylic acids is 1. The second kappa shape index (κ2) is 8.56. The maximum absolute atomic E-state index is 13.0. The van der Waals surface area contributed by atoms with E-state index in [-0.39, 0.29) is 11.4 Å². The van der Waals surface area contributed by atoms with E-state index < -0.39 is 17.6 Å². The number of benzene rings is 2. The molecule has 144 valence electrons. The topological polar surface area (TPSA) is 54.0 Å². The van der Waals surface area contributed by atoms with E-state index in [0.29, 0.717) is 6.54 Å². The number of nitrogens with zero attached hydrogens (tertiary/aromatic N) is 1. The molecule has 7 heteroatoms. The summed E-state index contributed by atoms with van der Waals surface area (Å²) in [5, 5.41) is 5.47. The molecular formula is C21H18F3N3O. The Hall–Kier alpha value is -3.35. The number of carbonyl (C=O) groups is 1. The first-order valence-electron chi connectivity index (χ1n) is 8.65. The minimum Gasteiger partial charge on any atom is -0.383 e. The van der Waals surface area contributed by atoms with E-state index in [2.05, 4.69) is 15.6 Å². The minimum atomic E-state index is -4.55. The van der Waals surface area contributed by atoms with Crippen molar-refractivity contribution in [3.05, 3.63) is 89.7 Å². The van der Waals surface area contributed by atoms with Crippen LogP contribution in [0.1, 0.15) is 21.6 Å². The maximum Gasteiger partial charge on any atom is 0.418 e. The average Bonchev–Trinajstić information content (AvgIpc) is 2.69. The van der Waals surface area contributed by atoms with E-state index in [1.165, 1.54) is 36.0 Å². The number of para-hydroxylation sites is 1. The lowest BCUT2D eigenvalue weighted by Crippen LogP contribution is -2.17. The van der Waals surface area contributed by atoms with Crippen LogP contribution in [-0.4, -0.2) is 17.4 Å². The quantitative estimate of drug-likeness (QED) is 0.627. The Kier molecular flexibility index (Phi) is 5.93. The zero-order chi connectivity index (χ0) is 20.0. The zero-order valence-corrected chi connectivity index (χ0v) is 14.8. The highest BCUT2D eigenvalue weighted by molar-refractivity contribution is 6.03. The normalized spacial score (nSPS) is 11.1. The van der Waals surface area contributed by atoms with Crippen LogP contribution in [0.15, 0.2) is 72.9 Å². The number of hydrogen-bond acceptors (Lipinski definition) is 3. The molecule has 0 radical (unpaired) electrons. The molecule has 0 aliphatic rings. The number of pyridine rings is 1. The van der Waals surface area contributed by atoms with Crippen molar-refractivity contribution in [2.24, 2.45) is 0 Å². The molecule has 0 atom stereocenters. The largest absolute Gasteiger partial charge is 0.418 e. The van der Waals surface area contributed by atoms with Crippen molar-refractivity contribution >= 4 is 17.3 Å². The minimum absolute atomic E-state index is 0.0330. The smallest absolute Gasteiger partial charge is 0.383 e. The Balaban J connectivity index is 1.60. The van der Waals surface area contributed by atoms with Gasteiger partial charge in [0, 0.05) is 6.54 Å². The summed E-state index contributed by atoms with van der Waals surface area (Å²) in [6.07, 6.45) is -2.24. The van der Waals surface area contributed by atoms with Crippen molar-refractivity contribution in [1.82, 2.24) is 4.98 Å². The van der Waals surface area contributed by atoms with Crippen molar-refractivity contribution < 1.29 is 18.0 Å². The van der Waals surface area contributed by atoms with Gasteiger partial charge in [0.05, 0.1) is 23.1 Å². The average molecular weight is 385 g/mol. The van der Waals surface area contributed by atoms with Gasteiger partial charge in [0.25, 0.3) is 5.91 Å². The van der Waals surface area contributed by atoms with Gasteiger partial charge in [-0.15, -0.1) is 0 Å². The molecule has 0 saturated carbocycles. The lowest BCUT2D eigenvalue weighted by Gasteiger charge is -2.13. The van der Waals surface area contributed by atoms with Gasteiger partial charge in [0.15, 0.2) is 0 Å². The Morgan fingerprint density at radius 2 is 1.64 bits per heavy atom. The molecule has 1 aromatic heterocycles. The molecule has 3 aromatic rings. The molecule has 3 rings (SSSR count). The van der Waals surface area contributed by atoms with E-state index in [1.807, 2.05) is 30.3 Å². The Labute approximate surface area is 160 Å². The van der Waals surface area contributed by atoms with Gasteiger partial charge in [-0.2, -0.15) is 13.2 Å². The van der Waals surface area contributed by atoms with E-state index in [1.54, 1.807) is 6.07 Å². The van der Waals surface area contributed by atoms with Crippen molar-refractivity contribution in [2.75, 3.05) is 17.2 Å². The van der Waals surface area contributed by atoms with Gasteiger partial charge in [-0.1, -0.05) is 42.5 Å². The SMILES string of the molecule is O=C(Nc1ccccc1C(F)(F)F)c1ccc(NCCc2ccccc2)cn1. The molecule has 2 N–H and O–H groups in total. The predicted octanol–water partition coefficient (Wildman–Crippen LogP) is 5.01. The number of rotatable bonds is 6. The van der Waals surface area contributed by atoms with Crippen LogP contribution in [0.5, 0.6) is 0 Å². The predicted molar refractivity (Wildman–Crippen MR) is 102 cm³/mol. The molecule has 28 heavy (non-hydrogen) atoms. The first-order valence-corrected chi connectivity index (χ1v) is 8.65. The summed E-state index contributed by atoms with van der Waals surface area (Å²) in [6.45, 7) is 0.691. The van der Waals surface area contributed by atoms with Crippen LogP contribution >= 0.6 is 0 Å². The van der Waals surface area contributed by atoms with Gasteiger partial charge in [-0.05, 0) is 36.2 Å². The van der Waals surface area contributed by atoms with Crippen molar-refractivity contribution in [3.63, 3.8) is 0 Å². The van der Waals surface area contributed by atoms with Crippen LogP contribution in [0.4, 0.5) is 24.5 Å². The van der Waals surface area contributed by atoms with Gasteiger partial charge in [0.1, 0.15) is 5.69 Å². The molecule has 1 amide bonds. The third-order valence-corrected chi connectivity index (χ3v) is 4.06. The fraction of sp³-hybridized carbons (Fsp3) is 0.143. The summed E-state index contributed by atoms with van der Waals surface area (Å²) < 4.78 is 39.1. The van der Waals surface area contributed by atoms with Gasteiger partial charge in [-0.3, -0.25) is 4.79 Å². The molecule has 0 aliphatic heterocycles. The van der Waals surface area contributed by atoms with Gasteiger partial charge < -0.3 is 10.6 Å². The second-order valence-electron chi connectivity index (χ2n) is 6.09. The second-order valence-corrected chi connectivity index (χ2v) is 6.09. The molecule has 2 aromatic carbocycles. The van der Waals surface area contributed by atoms with Crippen molar-refractivity contribution in [3.8, 4) is 0 Å². The molecular weight excluding hydrogens is 367 g/mol. The number of hydrogen-bond donors (Lipinski definition) is 2. The van der Waals surface area contributed by atoms with Crippen LogP contribution < -0.4 is 10.6 Å². The molecule has 4 nitrogen and oxygen atoms in total. The Morgan fingerprint density at radius 1 is 0.929 bits per heavy atom. The first kappa shape index (κ1) is 19.4. The first-order chi connectivity index (χ1) is 13.4. The van der Waals surface area contributed by atoms with Gasteiger partial charge >= 0.3 is 6.18 Å². The third kappa shape index (κ3) is 5.09. The van der Waals surface area contributed by atoms with Crippen LogP contribution in [0.2, 0.25) is 0 Å². The highest BCUT2D eigenvalue weighted by atomic mass is 19.4. The number of nitrogens with one attached hydrogen (secondary N) is 2. The number of alkyl halides is 3. The van der Waals surface area contributed by atoms with E-state index in [9.17, 15) is 18.0 Å². The highest BCUT2D eigenvalue weighted by Gasteiger charge is 2.33. The molecule has 0 spiro atoms. The number of anilines is 2. The van der Waals surface area contributed by atoms with Crippen LogP contribution in [0, 0.1) is 0 Å². The molecule has 0 aliphatic carbocycles. The van der Waals surface area contributed by atoms with Crippen LogP contribution in [0.25, 0.3) is 0 Å². The van der Waals surface area contributed by atoms with Crippen molar-refractivity contribution in [2.45, 2.75) is 12.6 Å². The third-order valence-electron chi connectivity index (χ3n) is 4.06. The Bertz CT molecular complexity index is 926. The Morgan fingerprint density at radius 3 is 2.32 bits per heavy atom. The maximum atomic E-state index is 13.0. The van der Waals surface area contributed by atoms with Crippen LogP contribution in [-0.2, 0) is 12.6 Å². The van der Waals surface area contributed by atoms with E-state index in [4.69, 9.17) is 0 Å². The van der Waals surface area contributed by atoms with E-state index in [0.717, 1.165) is 18.2 Å². The number of amides is 1. The van der Waals surface area contributed by atoms with Gasteiger partial charge in [0.2, 0.25) is 0 Å². The van der Waals surface area contributed by atoms with Crippen LogP contribution in [0.3, 0.4) is 0 Å². The standard InChI is InChI=1S/C21H18F3N3O/c22-21(23,24)17-8-4-5-9-18(17)27-20(28)19-11-10-16(14-26-19)25-13-12-15-6-2-1-3-7-15/h1-11,14,25H,12-13H2,(H,27,28). The van der Waals surface area contributed by atoms with Crippen molar-refractivity contribution in [1.29, 1.82) is 0 Å². The summed E-state index contributed by atoms with van der Waals surface area (Å²) in [6, 6.07) is 17.9. The number of aromatic nitrogens is 1. The molecule has 0 fully saturated rings. The number of halogens is 3. The lowest BCUT2D eigenvalue weighted by atomic mass is 10.1. The summed E-state index contributed by atoms with van der Waals surface area (Å²) >= 11 is 0. The molecule has 0 saturated heterocycles. The van der Waals surface area contributed by atoms with E-state index >= 15 is 0 Å². The van der Waals surface area contributed by atoms with Gasteiger partial charge in [-0.25, -0.2) is 4.98 Å². The summed E-state index contributed by atoms with van der Waals surface area (Å²) in [7, 11) is 0. The zero-order valence-electron chi connectivity index (χ0n) is 14.8. The highest BCUT2D eigenvalue weighted by Crippen LogP contribution is 2.34. The fourth-order valence-corrected chi connectivity index (χ4v) is 2.65. The monoisotopic (exact) mass is 385 g/mol. The summed E-state index contributed by atoms with van der Waals surface area (Å²) in [5.74, 6) is -0.701. The summed E-state index contributed by atoms with van der Waals surface area (Å²) in [4.78, 5) is 16.3. The fourth-order valence-electron chi connectivity index (χ4n) is 2.65. The molecule has 1 heterocycles. The lowest BCUT2D eigenvalue weighted by molar-refractivity contribution is -0.136. The summed E-state index contributed by atoms with van der Waals surface area (Å²) in [5.41, 5.74) is 0.755. The molecule has 0 unspecified atom stereocenters. The molecule has 0 bridgehead atoms.